The Morgan fingerprint density at radius 3 is 2.85 bits per heavy atom. The van der Waals surface area contributed by atoms with Gasteiger partial charge in [0.2, 0.25) is 0 Å². The van der Waals surface area contributed by atoms with Gasteiger partial charge >= 0.3 is 6.03 Å². The smallest absolute Gasteiger partial charge is 0.319 e. The standard InChI is InChI=1S/C15H23N3O2/c1-2-3-11-10-13(19)4-5-14(11)18-15(20)17-12-6-8-16-9-7-12/h4-5,10,12,16,19H,2-3,6-9H2,1H3,(H2,17,18,20). The topological polar surface area (TPSA) is 73.4 Å². The van der Waals surface area contributed by atoms with Crippen LogP contribution in [0.3, 0.4) is 0 Å². The van der Waals surface area contributed by atoms with E-state index >= 15 is 0 Å². The summed E-state index contributed by atoms with van der Waals surface area (Å²) >= 11 is 0. The minimum absolute atomic E-state index is 0.167. The molecule has 1 aliphatic heterocycles. The summed E-state index contributed by atoms with van der Waals surface area (Å²) in [6, 6.07) is 5.13. The number of hydrogen-bond acceptors (Lipinski definition) is 3. The Morgan fingerprint density at radius 1 is 1.40 bits per heavy atom. The van der Waals surface area contributed by atoms with Crippen molar-refractivity contribution in [1.29, 1.82) is 0 Å². The first-order valence-corrected chi connectivity index (χ1v) is 7.29. The number of anilines is 1. The maximum atomic E-state index is 12.0. The van der Waals surface area contributed by atoms with Gasteiger partial charge in [0, 0.05) is 11.7 Å². The Labute approximate surface area is 119 Å². The molecular weight excluding hydrogens is 254 g/mol. The lowest BCUT2D eigenvalue weighted by atomic mass is 10.1. The van der Waals surface area contributed by atoms with Crippen LogP contribution in [0.4, 0.5) is 10.5 Å². The Hall–Kier alpha value is -1.75. The number of hydrogen-bond donors (Lipinski definition) is 4. The van der Waals surface area contributed by atoms with Crippen LogP contribution >= 0.6 is 0 Å². The molecule has 5 nitrogen and oxygen atoms in total. The molecule has 0 radical (unpaired) electrons. The maximum Gasteiger partial charge on any atom is 0.319 e. The second-order valence-corrected chi connectivity index (χ2v) is 5.21. The molecule has 1 fully saturated rings. The van der Waals surface area contributed by atoms with Crippen molar-refractivity contribution >= 4 is 11.7 Å². The van der Waals surface area contributed by atoms with Crippen LogP contribution in [0.1, 0.15) is 31.7 Å². The zero-order valence-electron chi connectivity index (χ0n) is 11.9. The van der Waals surface area contributed by atoms with Crippen molar-refractivity contribution in [2.75, 3.05) is 18.4 Å². The van der Waals surface area contributed by atoms with Crippen LogP contribution in [0.2, 0.25) is 0 Å². The number of aromatic hydroxyl groups is 1. The molecule has 0 saturated carbocycles. The number of aryl methyl sites for hydroxylation is 1. The summed E-state index contributed by atoms with van der Waals surface area (Å²) in [5.41, 5.74) is 1.74. The largest absolute Gasteiger partial charge is 0.508 e. The van der Waals surface area contributed by atoms with Crippen LogP contribution in [0.25, 0.3) is 0 Å². The van der Waals surface area contributed by atoms with Crippen LogP contribution in [-0.4, -0.2) is 30.3 Å². The van der Waals surface area contributed by atoms with Crippen LogP contribution in [0.5, 0.6) is 5.75 Å². The van der Waals surface area contributed by atoms with E-state index in [-0.39, 0.29) is 17.8 Å². The Kier molecular flexibility index (Phi) is 5.24. The molecule has 4 N–H and O–H groups in total. The number of carbonyl (C=O) groups excluding carboxylic acids is 1. The number of urea groups is 1. The van der Waals surface area contributed by atoms with Crippen molar-refractivity contribution in [3.8, 4) is 5.75 Å². The number of carbonyl (C=O) groups is 1. The third kappa shape index (κ3) is 4.13. The van der Waals surface area contributed by atoms with Crippen molar-refractivity contribution in [3.05, 3.63) is 23.8 Å². The molecule has 2 amide bonds. The van der Waals surface area contributed by atoms with Gasteiger partial charge in [-0.2, -0.15) is 0 Å². The van der Waals surface area contributed by atoms with Gasteiger partial charge in [-0.1, -0.05) is 13.3 Å². The molecule has 0 aliphatic carbocycles. The second kappa shape index (κ2) is 7.14. The molecule has 0 atom stereocenters. The lowest BCUT2D eigenvalue weighted by Gasteiger charge is -2.24. The number of phenols is 1. The fourth-order valence-corrected chi connectivity index (χ4v) is 2.49. The van der Waals surface area contributed by atoms with Crippen molar-refractivity contribution in [2.45, 2.75) is 38.6 Å². The van der Waals surface area contributed by atoms with Gasteiger partial charge < -0.3 is 21.1 Å². The van der Waals surface area contributed by atoms with E-state index in [9.17, 15) is 9.90 Å². The molecule has 0 unspecified atom stereocenters. The molecule has 1 saturated heterocycles. The highest BCUT2D eigenvalue weighted by Crippen LogP contribution is 2.22. The Bertz CT molecular complexity index is 456. The van der Waals surface area contributed by atoms with Gasteiger partial charge in [0.25, 0.3) is 0 Å². The van der Waals surface area contributed by atoms with Crippen molar-refractivity contribution in [1.82, 2.24) is 10.6 Å². The van der Waals surface area contributed by atoms with Crippen LogP contribution in [-0.2, 0) is 6.42 Å². The zero-order chi connectivity index (χ0) is 14.4. The summed E-state index contributed by atoms with van der Waals surface area (Å²) in [5.74, 6) is 0.234. The minimum atomic E-state index is -0.167. The van der Waals surface area contributed by atoms with E-state index in [0.29, 0.717) is 0 Å². The van der Waals surface area contributed by atoms with Crippen molar-refractivity contribution < 1.29 is 9.90 Å². The summed E-state index contributed by atoms with van der Waals surface area (Å²) in [4.78, 5) is 12.0. The molecule has 0 bridgehead atoms. The zero-order valence-corrected chi connectivity index (χ0v) is 11.9. The summed E-state index contributed by atoms with van der Waals surface area (Å²) in [6.07, 6.45) is 3.72. The molecule has 0 spiro atoms. The first kappa shape index (κ1) is 14.7. The Morgan fingerprint density at radius 2 is 2.15 bits per heavy atom. The maximum absolute atomic E-state index is 12.0. The number of benzene rings is 1. The summed E-state index contributed by atoms with van der Waals surface area (Å²) in [6.45, 7) is 3.97. The number of nitrogens with one attached hydrogen (secondary N) is 3. The SMILES string of the molecule is CCCc1cc(O)ccc1NC(=O)NC1CCNCC1. The van der Waals surface area contributed by atoms with Gasteiger partial charge in [0.15, 0.2) is 0 Å². The fraction of sp³-hybridized carbons (Fsp3) is 0.533. The van der Waals surface area contributed by atoms with E-state index < -0.39 is 0 Å². The summed E-state index contributed by atoms with van der Waals surface area (Å²) < 4.78 is 0. The predicted molar refractivity (Wildman–Crippen MR) is 80.1 cm³/mol. The van der Waals surface area contributed by atoms with E-state index in [0.717, 1.165) is 50.0 Å². The average molecular weight is 277 g/mol. The van der Waals surface area contributed by atoms with Crippen molar-refractivity contribution in [2.24, 2.45) is 0 Å². The third-order valence-electron chi connectivity index (χ3n) is 3.53. The molecule has 110 valence electrons. The highest BCUT2D eigenvalue weighted by molar-refractivity contribution is 5.90. The monoisotopic (exact) mass is 277 g/mol. The quantitative estimate of drug-likeness (QED) is 0.638. The summed E-state index contributed by atoms with van der Waals surface area (Å²) in [5, 5.41) is 18.7. The van der Waals surface area contributed by atoms with Gasteiger partial charge in [-0.15, -0.1) is 0 Å². The first-order valence-electron chi connectivity index (χ1n) is 7.29. The molecule has 20 heavy (non-hydrogen) atoms. The normalized spacial score (nSPS) is 15.8. The molecular formula is C15H23N3O2. The number of piperidine rings is 1. The highest BCUT2D eigenvalue weighted by Gasteiger charge is 2.16. The van der Waals surface area contributed by atoms with Crippen molar-refractivity contribution in [3.63, 3.8) is 0 Å². The van der Waals surface area contributed by atoms with Crippen LogP contribution < -0.4 is 16.0 Å². The van der Waals surface area contributed by atoms with Crippen LogP contribution in [0, 0.1) is 0 Å². The number of phenolic OH excluding ortho intramolecular Hbond substituents is 1. The molecule has 2 rings (SSSR count). The molecule has 0 aromatic heterocycles. The molecule has 1 aromatic carbocycles. The van der Waals surface area contributed by atoms with Gasteiger partial charge in [-0.3, -0.25) is 0 Å². The minimum Gasteiger partial charge on any atom is -0.508 e. The van der Waals surface area contributed by atoms with E-state index in [4.69, 9.17) is 0 Å². The van der Waals surface area contributed by atoms with Gasteiger partial charge in [0.05, 0.1) is 0 Å². The third-order valence-corrected chi connectivity index (χ3v) is 3.53. The fourth-order valence-electron chi connectivity index (χ4n) is 2.49. The van der Waals surface area contributed by atoms with E-state index in [1.54, 1.807) is 18.2 Å². The summed E-state index contributed by atoms with van der Waals surface area (Å²) in [7, 11) is 0. The number of amides is 2. The average Bonchev–Trinajstić information content (AvgIpc) is 2.43. The highest BCUT2D eigenvalue weighted by atomic mass is 16.3. The van der Waals surface area contributed by atoms with E-state index in [1.807, 2.05) is 0 Å². The van der Waals surface area contributed by atoms with Gasteiger partial charge in [0.1, 0.15) is 5.75 Å². The van der Waals surface area contributed by atoms with Gasteiger partial charge in [-0.25, -0.2) is 4.79 Å². The molecule has 1 aliphatic rings. The first-order chi connectivity index (χ1) is 9.69. The second-order valence-electron chi connectivity index (χ2n) is 5.21. The van der Waals surface area contributed by atoms with E-state index in [2.05, 4.69) is 22.9 Å². The molecule has 5 heteroatoms. The lowest BCUT2D eigenvalue weighted by molar-refractivity contribution is 0.245. The number of rotatable bonds is 4. The van der Waals surface area contributed by atoms with E-state index in [1.165, 1.54) is 0 Å². The van der Waals surface area contributed by atoms with Gasteiger partial charge in [-0.05, 0) is 56.1 Å². The lowest BCUT2D eigenvalue weighted by Crippen LogP contribution is -2.44. The van der Waals surface area contributed by atoms with Crippen LogP contribution in [0.15, 0.2) is 18.2 Å². The molecule has 1 heterocycles. The molecule has 1 aromatic rings. The predicted octanol–water partition coefficient (Wildman–Crippen LogP) is 2.22. The Balaban J connectivity index is 1.96.